The van der Waals surface area contributed by atoms with Gasteiger partial charge in [0.1, 0.15) is 0 Å². The third-order valence-corrected chi connectivity index (χ3v) is 2.91. The van der Waals surface area contributed by atoms with Crippen molar-refractivity contribution in [3.8, 4) is 0 Å². The van der Waals surface area contributed by atoms with Gasteiger partial charge in [-0.3, -0.25) is 0 Å². The minimum absolute atomic E-state index is 0.554. The lowest BCUT2D eigenvalue weighted by molar-refractivity contribution is 0.155. The molecule has 0 aromatic heterocycles. The fourth-order valence-electron chi connectivity index (χ4n) is 2.09. The van der Waals surface area contributed by atoms with E-state index in [9.17, 15) is 0 Å². The zero-order chi connectivity index (χ0) is 10.4. The highest BCUT2D eigenvalue weighted by Crippen LogP contribution is 2.33. The zero-order valence-electron chi connectivity index (χ0n) is 9.88. The largest absolute Gasteiger partial charge is 0.383 e. The van der Waals surface area contributed by atoms with Crippen LogP contribution in [0.25, 0.3) is 0 Å². The van der Waals surface area contributed by atoms with Gasteiger partial charge in [-0.05, 0) is 25.7 Å². The molecule has 0 spiro atoms. The molecule has 2 unspecified atom stereocenters. The smallest absolute Gasteiger partial charge is 0.0615 e. The van der Waals surface area contributed by atoms with Crippen LogP contribution in [0.2, 0.25) is 0 Å². The van der Waals surface area contributed by atoms with Crippen LogP contribution in [0.1, 0.15) is 46.0 Å². The lowest BCUT2D eigenvalue weighted by Crippen LogP contribution is -2.39. The third-order valence-electron chi connectivity index (χ3n) is 2.91. The first-order valence-corrected chi connectivity index (χ1v) is 6.01. The van der Waals surface area contributed by atoms with Crippen molar-refractivity contribution >= 4 is 0 Å². The van der Waals surface area contributed by atoms with E-state index >= 15 is 0 Å². The maximum Gasteiger partial charge on any atom is 0.0615 e. The van der Waals surface area contributed by atoms with Crippen molar-refractivity contribution in [2.24, 2.45) is 5.92 Å². The first-order chi connectivity index (χ1) is 6.76. The summed E-state index contributed by atoms with van der Waals surface area (Å²) >= 11 is 0. The Bertz CT molecular complexity index is 139. The van der Waals surface area contributed by atoms with Gasteiger partial charge in [0.25, 0.3) is 0 Å². The summed E-state index contributed by atoms with van der Waals surface area (Å²) in [5.41, 5.74) is 0. The predicted molar refractivity (Wildman–Crippen MR) is 60.5 cm³/mol. The molecule has 1 aliphatic rings. The van der Waals surface area contributed by atoms with Gasteiger partial charge in [-0.25, -0.2) is 0 Å². The normalized spacial score (nSPS) is 20.8. The molecule has 0 bridgehead atoms. The number of hydrogen-bond donors (Lipinski definition) is 1. The Morgan fingerprint density at radius 2 is 2.14 bits per heavy atom. The summed E-state index contributed by atoms with van der Waals surface area (Å²) in [4.78, 5) is 0. The standard InChI is InChI=1S/C12H25NO/c1-4-5-12(9-14-3)13-10(2)8-11-6-7-11/h10-13H,4-9H2,1-3H3. The highest BCUT2D eigenvalue weighted by molar-refractivity contribution is 4.80. The number of rotatable bonds is 8. The molecule has 1 N–H and O–H groups in total. The van der Waals surface area contributed by atoms with E-state index in [2.05, 4.69) is 19.2 Å². The quantitative estimate of drug-likeness (QED) is 0.649. The molecule has 0 radical (unpaired) electrons. The maximum absolute atomic E-state index is 5.22. The van der Waals surface area contributed by atoms with Crippen molar-refractivity contribution in [3.63, 3.8) is 0 Å². The van der Waals surface area contributed by atoms with Crippen LogP contribution < -0.4 is 5.32 Å². The van der Waals surface area contributed by atoms with Gasteiger partial charge in [0, 0.05) is 19.2 Å². The Balaban J connectivity index is 2.14. The van der Waals surface area contributed by atoms with E-state index < -0.39 is 0 Å². The first kappa shape index (κ1) is 12.0. The van der Waals surface area contributed by atoms with Crippen molar-refractivity contribution in [1.29, 1.82) is 0 Å². The van der Waals surface area contributed by atoms with Gasteiger partial charge in [-0.15, -0.1) is 0 Å². The molecular weight excluding hydrogens is 174 g/mol. The van der Waals surface area contributed by atoms with Gasteiger partial charge >= 0.3 is 0 Å². The van der Waals surface area contributed by atoms with Gasteiger partial charge < -0.3 is 10.1 Å². The predicted octanol–water partition coefficient (Wildman–Crippen LogP) is 2.58. The summed E-state index contributed by atoms with van der Waals surface area (Å²) in [7, 11) is 1.79. The molecular formula is C12H25NO. The van der Waals surface area contributed by atoms with Crippen molar-refractivity contribution in [2.75, 3.05) is 13.7 Å². The molecule has 2 nitrogen and oxygen atoms in total. The molecule has 14 heavy (non-hydrogen) atoms. The number of ether oxygens (including phenoxy) is 1. The van der Waals surface area contributed by atoms with Crippen LogP contribution in [-0.2, 0) is 4.74 Å². The Kier molecular flexibility index (Phi) is 5.49. The van der Waals surface area contributed by atoms with E-state index in [0.29, 0.717) is 12.1 Å². The van der Waals surface area contributed by atoms with Crippen LogP contribution in [0.5, 0.6) is 0 Å². The van der Waals surface area contributed by atoms with Crippen LogP contribution in [0, 0.1) is 5.92 Å². The van der Waals surface area contributed by atoms with Gasteiger partial charge in [-0.1, -0.05) is 26.2 Å². The molecule has 0 amide bonds. The monoisotopic (exact) mass is 199 g/mol. The zero-order valence-corrected chi connectivity index (χ0v) is 9.88. The van der Waals surface area contributed by atoms with E-state index in [0.717, 1.165) is 12.5 Å². The number of nitrogens with one attached hydrogen (secondary N) is 1. The molecule has 84 valence electrons. The van der Waals surface area contributed by atoms with E-state index in [-0.39, 0.29) is 0 Å². The second kappa shape index (κ2) is 6.41. The summed E-state index contributed by atoms with van der Waals surface area (Å²) in [5.74, 6) is 1.02. The minimum Gasteiger partial charge on any atom is -0.383 e. The Morgan fingerprint density at radius 3 is 2.64 bits per heavy atom. The SMILES string of the molecule is CCCC(COC)NC(C)CC1CC1. The molecule has 0 aromatic carbocycles. The second-order valence-corrected chi connectivity index (χ2v) is 4.69. The highest BCUT2D eigenvalue weighted by Gasteiger charge is 2.24. The van der Waals surface area contributed by atoms with Crippen molar-refractivity contribution in [2.45, 2.75) is 58.0 Å². The van der Waals surface area contributed by atoms with Crippen LogP contribution in [0.3, 0.4) is 0 Å². The Hall–Kier alpha value is -0.0800. The molecule has 1 saturated carbocycles. The average molecular weight is 199 g/mol. The first-order valence-electron chi connectivity index (χ1n) is 6.01. The van der Waals surface area contributed by atoms with Crippen LogP contribution >= 0.6 is 0 Å². The van der Waals surface area contributed by atoms with Gasteiger partial charge in [-0.2, -0.15) is 0 Å². The summed E-state index contributed by atoms with van der Waals surface area (Å²) in [6.45, 7) is 5.38. The van der Waals surface area contributed by atoms with Gasteiger partial charge in [0.05, 0.1) is 6.61 Å². The second-order valence-electron chi connectivity index (χ2n) is 4.69. The van der Waals surface area contributed by atoms with Gasteiger partial charge in [0.15, 0.2) is 0 Å². The van der Waals surface area contributed by atoms with Crippen LogP contribution in [0.4, 0.5) is 0 Å². The van der Waals surface area contributed by atoms with E-state index in [1.54, 1.807) is 7.11 Å². The topological polar surface area (TPSA) is 21.3 Å². The molecule has 0 aliphatic heterocycles. The minimum atomic E-state index is 0.554. The lowest BCUT2D eigenvalue weighted by atomic mass is 10.1. The average Bonchev–Trinajstić information content (AvgIpc) is 2.89. The molecule has 0 aromatic rings. The van der Waals surface area contributed by atoms with Crippen LogP contribution in [0.15, 0.2) is 0 Å². The lowest BCUT2D eigenvalue weighted by Gasteiger charge is -2.22. The molecule has 2 atom stereocenters. The fourth-order valence-corrected chi connectivity index (χ4v) is 2.09. The van der Waals surface area contributed by atoms with Crippen molar-refractivity contribution in [3.05, 3.63) is 0 Å². The molecule has 0 heterocycles. The van der Waals surface area contributed by atoms with E-state index in [1.165, 1.54) is 32.1 Å². The third kappa shape index (κ3) is 4.97. The molecule has 2 heteroatoms. The van der Waals surface area contributed by atoms with E-state index in [1.807, 2.05) is 0 Å². The summed E-state index contributed by atoms with van der Waals surface area (Å²) in [6, 6.07) is 1.22. The van der Waals surface area contributed by atoms with E-state index in [4.69, 9.17) is 4.74 Å². The number of hydrogen-bond acceptors (Lipinski definition) is 2. The Labute approximate surface area is 88.4 Å². The summed E-state index contributed by atoms with van der Waals surface area (Å²) < 4.78 is 5.22. The highest BCUT2D eigenvalue weighted by atomic mass is 16.5. The summed E-state index contributed by atoms with van der Waals surface area (Å²) in [5, 5.41) is 3.67. The van der Waals surface area contributed by atoms with Crippen molar-refractivity contribution < 1.29 is 4.74 Å². The number of methoxy groups -OCH3 is 1. The molecule has 1 fully saturated rings. The fraction of sp³-hybridized carbons (Fsp3) is 1.00. The maximum atomic E-state index is 5.22. The molecule has 0 saturated heterocycles. The Morgan fingerprint density at radius 1 is 1.43 bits per heavy atom. The van der Waals surface area contributed by atoms with Crippen LogP contribution in [-0.4, -0.2) is 25.8 Å². The summed E-state index contributed by atoms with van der Waals surface area (Å²) in [6.07, 6.45) is 6.72. The molecule has 1 rings (SSSR count). The van der Waals surface area contributed by atoms with Gasteiger partial charge in [0.2, 0.25) is 0 Å². The van der Waals surface area contributed by atoms with Crippen molar-refractivity contribution in [1.82, 2.24) is 5.32 Å². The molecule has 1 aliphatic carbocycles.